The summed E-state index contributed by atoms with van der Waals surface area (Å²) in [5, 5.41) is 10.7. The summed E-state index contributed by atoms with van der Waals surface area (Å²) < 4.78 is 5.21. The lowest BCUT2D eigenvalue weighted by molar-refractivity contribution is 1.19. The van der Waals surface area contributed by atoms with Crippen LogP contribution in [0.15, 0.2) is 115 Å². The maximum Gasteiger partial charge on any atom is 0.0626 e. The van der Waals surface area contributed by atoms with Crippen molar-refractivity contribution in [1.29, 1.82) is 0 Å². The largest absolute Gasteiger partial charge is 0.309 e. The number of hydrogen-bond acceptors (Lipinski definition) is 1. The van der Waals surface area contributed by atoms with Crippen molar-refractivity contribution in [2.45, 2.75) is 0 Å². The predicted molar refractivity (Wildman–Crippen MR) is 149 cm³/mol. The highest BCUT2D eigenvalue weighted by molar-refractivity contribution is 7.27. The fourth-order valence-electron chi connectivity index (χ4n) is 5.74. The van der Waals surface area contributed by atoms with Crippen LogP contribution in [-0.2, 0) is 0 Å². The summed E-state index contributed by atoms with van der Waals surface area (Å²) in [5.41, 5.74) is 3.74. The smallest absolute Gasteiger partial charge is 0.0626 e. The molecule has 0 aliphatic carbocycles. The van der Waals surface area contributed by atoms with Gasteiger partial charge in [-0.1, -0.05) is 97.1 Å². The Morgan fingerprint density at radius 1 is 0.441 bits per heavy atom. The van der Waals surface area contributed by atoms with Crippen LogP contribution < -0.4 is 0 Å². The molecule has 0 spiro atoms. The molecule has 2 aromatic heterocycles. The number of nitrogens with zero attached hydrogens (tertiary/aromatic N) is 1. The Morgan fingerprint density at radius 3 is 1.97 bits per heavy atom. The molecule has 0 atom stereocenters. The molecule has 0 aliphatic rings. The first kappa shape index (κ1) is 18.3. The molecule has 34 heavy (non-hydrogen) atoms. The van der Waals surface area contributed by atoms with Crippen molar-refractivity contribution in [3.8, 4) is 5.69 Å². The molecular weight excluding hydrogens is 430 g/mol. The van der Waals surface area contributed by atoms with Gasteiger partial charge in [-0.25, -0.2) is 0 Å². The van der Waals surface area contributed by atoms with Crippen molar-refractivity contribution < 1.29 is 0 Å². The van der Waals surface area contributed by atoms with Crippen LogP contribution in [-0.4, -0.2) is 4.57 Å². The lowest BCUT2D eigenvalue weighted by Crippen LogP contribution is -1.93. The third-order valence-corrected chi connectivity index (χ3v) is 8.42. The first-order valence-electron chi connectivity index (χ1n) is 11.6. The van der Waals surface area contributed by atoms with E-state index in [-0.39, 0.29) is 0 Å². The molecule has 2 heterocycles. The van der Waals surface area contributed by atoms with Crippen LogP contribution in [0.5, 0.6) is 0 Å². The normalized spacial score (nSPS) is 12.1. The van der Waals surface area contributed by atoms with E-state index in [1.807, 2.05) is 11.3 Å². The zero-order valence-corrected chi connectivity index (χ0v) is 19.1. The molecule has 0 saturated carbocycles. The molecule has 0 radical (unpaired) electrons. The number of aromatic nitrogens is 1. The summed E-state index contributed by atoms with van der Waals surface area (Å²) in [6.07, 6.45) is 0. The van der Waals surface area contributed by atoms with Crippen LogP contribution in [0, 0.1) is 0 Å². The minimum Gasteiger partial charge on any atom is -0.309 e. The van der Waals surface area contributed by atoms with Crippen LogP contribution in [0.1, 0.15) is 0 Å². The van der Waals surface area contributed by atoms with Gasteiger partial charge in [0.05, 0.1) is 11.0 Å². The van der Waals surface area contributed by atoms with Crippen LogP contribution in [0.3, 0.4) is 0 Å². The maximum absolute atomic E-state index is 2.46. The Bertz CT molecular complexity index is 2060. The number of thiophene rings is 1. The maximum atomic E-state index is 2.46. The van der Waals surface area contributed by atoms with Crippen molar-refractivity contribution in [2.75, 3.05) is 0 Å². The standard InChI is InChI=1S/C32H19NS/c1-2-11-21(12-3-1)33-27-17-9-8-16-25(27)28-29-26-19-18-20-10-4-5-13-22(20)31(26)34-32(29)24-15-7-6-14-23(24)30(28)33/h1-19H. The third-order valence-electron chi connectivity index (χ3n) is 7.15. The van der Waals surface area contributed by atoms with Gasteiger partial charge in [-0.05, 0) is 29.0 Å². The molecule has 6 aromatic carbocycles. The van der Waals surface area contributed by atoms with Gasteiger partial charge < -0.3 is 4.57 Å². The minimum absolute atomic E-state index is 1.20. The minimum atomic E-state index is 1.20. The molecule has 8 rings (SSSR count). The molecule has 0 amide bonds. The second-order valence-corrected chi connectivity index (χ2v) is 9.95. The second-order valence-electron chi connectivity index (χ2n) is 8.93. The SMILES string of the molecule is c1ccc(-n2c3ccccc3c3c4c5ccc6ccccc6c5sc4c4ccccc4c32)cc1. The van der Waals surface area contributed by atoms with E-state index in [9.17, 15) is 0 Å². The van der Waals surface area contributed by atoms with Gasteiger partial charge >= 0.3 is 0 Å². The van der Waals surface area contributed by atoms with Gasteiger partial charge in [0, 0.05) is 47.4 Å². The van der Waals surface area contributed by atoms with E-state index >= 15 is 0 Å². The van der Waals surface area contributed by atoms with Gasteiger partial charge in [0.25, 0.3) is 0 Å². The molecule has 0 N–H and O–H groups in total. The lowest BCUT2D eigenvalue weighted by atomic mass is 9.98. The van der Waals surface area contributed by atoms with Gasteiger partial charge in [-0.3, -0.25) is 0 Å². The van der Waals surface area contributed by atoms with Crippen molar-refractivity contribution in [3.05, 3.63) is 115 Å². The van der Waals surface area contributed by atoms with E-state index in [0.717, 1.165) is 0 Å². The highest BCUT2D eigenvalue weighted by Gasteiger charge is 2.21. The van der Waals surface area contributed by atoms with Crippen molar-refractivity contribution in [1.82, 2.24) is 4.57 Å². The van der Waals surface area contributed by atoms with Crippen molar-refractivity contribution >= 4 is 74.9 Å². The van der Waals surface area contributed by atoms with E-state index in [1.165, 1.54) is 69.2 Å². The summed E-state index contributed by atoms with van der Waals surface area (Å²) >= 11 is 1.94. The van der Waals surface area contributed by atoms with Crippen LogP contribution >= 0.6 is 11.3 Å². The van der Waals surface area contributed by atoms with Crippen LogP contribution in [0.4, 0.5) is 0 Å². The first-order valence-corrected chi connectivity index (χ1v) is 12.4. The highest BCUT2D eigenvalue weighted by Crippen LogP contribution is 2.49. The molecule has 0 bridgehead atoms. The predicted octanol–water partition coefficient (Wildman–Crippen LogP) is 9.46. The zero-order chi connectivity index (χ0) is 22.2. The Labute approximate surface area is 200 Å². The highest BCUT2D eigenvalue weighted by atomic mass is 32.1. The lowest BCUT2D eigenvalue weighted by Gasteiger charge is -2.10. The molecule has 158 valence electrons. The quantitative estimate of drug-likeness (QED) is 0.235. The molecular formula is C32H19NS. The van der Waals surface area contributed by atoms with E-state index in [2.05, 4.69) is 120 Å². The van der Waals surface area contributed by atoms with E-state index in [4.69, 9.17) is 0 Å². The fourth-order valence-corrected chi connectivity index (χ4v) is 7.13. The molecule has 8 aromatic rings. The van der Waals surface area contributed by atoms with Gasteiger partial charge in [0.1, 0.15) is 0 Å². The van der Waals surface area contributed by atoms with E-state index in [1.54, 1.807) is 0 Å². The summed E-state index contributed by atoms with van der Waals surface area (Å²) in [6.45, 7) is 0. The van der Waals surface area contributed by atoms with Gasteiger partial charge in [0.2, 0.25) is 0 Å². The molecule has 0 saturated heterocycles. The van der Waals surface area contributed by atoms with Gasteiger partial charge in [0.15, 0.2) is 0 Å². The average molecular weight is 450 g/mol. The molecule has 0 unspecified atom stereocenters. The summed E-state index contributed by atoms with van der Waals surface area (Å²) in [7, 11) is 0. The number of benzene rings is 6. The summed E-state index contributed by atoms with van der Waals surface area (Å²) in [6, 6.07) is 41.9. The third kappa shape index (κ3) is 2.28. The van der Waals surface area contributed by atoms with E-state index in [0.29, 0.717) is 0 Å². The Balaban J connectivity index is 1.75. The van der Waals surface area contributed by atoms with Gasteiger partial charge in [-0.15, -0.1) is 11.3 Å². The molecule has 0 aliphatic heterocycles. The summed E-state index contributed by atoms with van der Waals surface area (Å²) in [4.78, 5) is 0. The second kappa shape index (κ2) is 6.69. The van der Waals surface area contributed by atoms with Crippen LogP contribution in [0.2, 0.25) is 0 Å². The Morgan fingerprint density at radius 2 is 1.12 bits per heavy atom. The van der Waals surface area contributed by atoms with Gasteiger partial charge in [-0.2, -0.15) is 0 Å². The van der Waals surface area contributed by atoms with Crippen LogP contribution in [0.25, 0.3) is 69.2 Å². The topological polar surface area (TPSA) is 4.93 Å². The Kier molecular flexibility index (Phi) is 3.60. The summed E-state index contributed by atoms with van der Waals surface area (Å²) in [5.74, 6) is 0. The zero-order valence-electron chi connectivity index (χ0n) is 18.3. The average Bonchev–Trinajstić information content (AvgIpc) is 3.46. The number of rotatable bonds is 1. The number of para-hydroxylation sites is 2. The first-order chi connectivity index (χ1) is 16.9. The monoisotopic (exact) mass is 449 g/mol. The molecule has 1 nitrogen and oxygen atoms in total. The number of fused-ring (bicyclic) bond motifs is 12. The number of hydrogen-bond donors (Lipinski definition) is 0. The van der Waals surface area contributed by atoms with E-state index < -0.39 is 0 Å². The Hall–Kier alpha value is -4.14. The molecule has 0 fully saturated rings. The van der Waals surface area contributed by atoms with Crippen molar-refractivity contribution in [3.63, 3.8) is 0 Å². The van der Waals surface area contributed by atoms with Crippen molar-refractivity contribution in [2.24, 2.45) is 0 Å². The fraction of sp³-hybridized carbons (Fsp3) is 0. The molecule has 2 heteroatoms.